The molecule has 1 aliphatic heterocycles. The van der Waals surface area contributed by atoms with Crippen molar-refractivity contribution >= 4 is 17.7 Å². The molecule has 1 saturated heterocycles. The molecule has 2 unspecified atom stereocenters. The zero-order chi connectivity index (χ0) is 12.6. The molecular weight excluding hydrogens is 222 g/mol. The molecule has 3 amide bonds. The number of carbonyl (C=O) groups excluding carboxylic acids is 3. The fourth-order valence-corrected chi connectivity index (χ4v) is 2.20. The monoisotopic (exact) mass is 239 g/mol. The van der Waals surface area contributed by atoms with E-state index in [9.17, 15) is 14.4 Å². The van der Waals surface area contributed by atoms with Gasteiger partial charge >= 0.3 is 0 Å². The maximum absolute atomic E-state index is 11.9. The van der Waals surface area contributed by atoms with Crippen LogP contribution < -0.4 is 11.1 Å². The number of amides is 3. The molecule has 0 aromatic carbocycles. The molecule has 2 fully saturated rings. The predicted molar refractivity (Wildman–Crippen MR) is 59.7 cm³/mol. The lowest BCUT2D eigenvalue weighted by Gasteiger charge is -2.17. The summed E-state index contributed by atoms with van der Waals surface area (Å²) in [5.41, 5.74) is 5.07. The number of hydrogen-bond donors (Lipinski definition) is 2. The van der Waals surface area contributed by atoms with E-state index < -0.39 is 11.9 Å². The molecule has 3 N–H and O–H groups in total. The number of primary amides is 1. The minimum atomic E-state index is -0.488. The van der Waals surface area contributed by atoms with Crippen LogP contribution in [0.1, 0.15) is 32.6 Å². The van der Waals surface area contributed by atoms with Gasteiger partial charge in [0, 0.05) is 18.5 Å². The summed E-state index contributed by atoms with van der Waals surface area (Å²) in [5, 5.41) is 2.99. The van der Waals surface area contributed by atoms with Crippen molar-refractivity contribution in [3.8, 4) is 0 Å². The maximum atomic E-state index is 11.9. The molecule has 0 bridgehead atoms. The quantitative estimate of drug-likeness (QED) is 0.610. The topological polar surface area (TPSA) is 92.5 Å². The Morgan fingerprint density at radius 1 is 1.53 bits per heavy atom. The van der Waals surface area contributed by atoms with Gasteiger partial charge in [0.25, 0.3) is 0 Å². The van der Waals surface area contributed by atoms with Gasteiger partial charge in [0.05, 0.1) is 12.5 Å². The number of nitrogens with zero attached hydrogens (tertiary/aromatic N) is 1. The summed E-state index contributed by atoms with van der Waals surface area (Å²) in [6, 6.07) is -0.556. The highest BCUT2D eigenvalue weighted by Gasteiger charge is 2.46. The third-order valence-corrected chi connectivity index (χ3v) is 3.09. The molecule has 0 aromatic rings. The number of likely N-dealkylation sites (tertiary alicyclic amines) is 1. The molecule has 0 aromatic heterocycles. The van der Waals surface area contributed by atoms with E-state index >= 15 is 0 Å². The normalized spacial score (nSPS) is 26.4. The first-order valence-corrected chi connectivity index (χ1v) is 5.89. The zero-order valence-corrected chi connectivity index (χ0v) is 9.81. The van der Waals surface area contributed by atoms with Gasteiger partial charge in [-0.05, 0) is 19.8 Å². The van der Waals surface area contributed by atoms with Crippen LogP contribution in [-0.2, 0) is 14.4 Å². The summed E-state index contributed by atoms with van der Waals surface area (Å²) in [7, 11) is 0. The Morgan fingerprint density at radius 2 is 2.18 bits per heavy atom. The van der Waals surface area contributed by atoms with Crippen LogP contribution in [0.5, 0.6) is 0 Å². The minimum absolute atomic E-state index is 0.110. The van der Waals surface area contributed by atoms with Crippen LogP contribution in [-0.4, -0.2) is 40.7 Å². The second-order valence-electron chi connectivity index (χ2n) is 4.83. The second kappa shape index (κ2) is 4.44. The number of imide groups is 1. The van der Waals surface area contributed by atoms with Gasteiger partial charge in [0.15, 0.2) is 0 Å². The third kappa shape index (κ3) is 2.63. The molecule has 2 atom stereocenters. The summed E-state index contributed by atoms with van der Waals surface area (Å²) in [6.45, 7) is 1.78. The molecule has 94 valence electrons. The minimum Gasteiger partial charge on any atom is -0.370 e. The molecule has 2 aliphatic rings. The van der Waals surface area contributed by atoms with Crippen LogP contribution in [0.25, 0.3) is 0 Å². The molecule has 2 rings (SSSR count). The van der Waals surface area contributed by atoms with Gasteiger partial charge in [-0.2, -0.15) is 0 Å². The van der Waals surface area contributed by atoms with E-state index in [1.807, 2.05) is 0 Å². The van der Waals surface area contributed by atoms with E-state index in [0.717, 1.165) is 12.8 Å². The fraction of sp³-hybridized carbons (Fsp3) is 0.727. The number of carbonyl (C=O) groups is 3. The van der Waals surface area contributed by atoms with Gasteiger partial charge in [0.2, 0.25) is 17.7 Å². The van der Waals surface area contributed by atoms with Crippen molar-refractivity contribution in [3.05, 3.63) is 0 Å². The Balaban J connectivity index is 1.92. The van der Waals surface area contributed by atoms with E-state index in [1.165, 1.54) is 4.90 Å². The summed E-state index contributed by atoms with van der Waals surface area (Å²) in [6.07, 6.45) is 2.20. The van der Waals surface area contributed by atoms with Crippen LogP contribution in [0.15, 0.2) is 0 Å². The molecule has 17 heavy (non-hydrogen) atoms. The van der Waals surface area contributed by atoms with Crippen LogP contribution >= 0.6 is 0 Å². The van der Waals surface area contributed by atoms with Crippen LogP contribution in [0.4, 0.5) is 0 Å². The Morgan fingerprint density at radius 3 is 2.71 bits per heavy atom. The lowest BCUT2D eigenvalue weighted by Crippen LogP contribution is -2.44. The largest absolute Gasteiger partial charge is 0.370 e. The van der Waals surface area contributed by atoms with Crippen molar-refractivity contribution in [3.63, 3.8) is 0 Å². The lowest BCUT2D eigenvalue weighted by molar-refractivity contribution is -0.139. The molecule has 1 heterocycles. The average molecular weight is 239 g/mol. The summed E-state index contributed by atoms with van der Waals surface area (Å²) < 4.78 is 0. The number of nitrogens with two attached hydrogens (primary N) is 1. The molecule has 6 heteroatoms. The molecular formula is C11H17N3O3. The van der Waals surface area contributed by atoms with Crippen molar-refractivity contribution in [2.24, 2.45) is 5.73 Å². The van der Waals surface area contributed by atoms with Crippen LogP contribution in [0.3, 0.4) is 0 Å². The second-order valence-corrected chi connectivity index (χ2v) is 4.83. The van der Waals surface area contributed by atoms with Crippen molar-refractivity contribution in [1.29, 1.82) is 0 Å². The first-order chi connectivity index (χ1) is 7.99. The van der Waals surface area contributed by atoms with E-state index in [2.05, 4.69) is 5.32 Å². The van der Waals surface area contributed by atoms with Crippen molar-refractivity contribution in [2.75, 3.05) is 0 Å². The van der Waals surface area contributed by atoms with E-state index in [4.69, 9.17) is 5.73 Å². The van der Waals surface area contributed by atoms with Crippen molar-refractivity contribution < 1.29 is 14.4 Å². The van der Waals surface area contributed by atoms with Crippen molar-refractivity contribution in [1.82, 2.24) is 10.2 Å². The number of rotatable bonds is 5. The van der Waals surface area contributed by atoms with Gasteiger partial charge in [0.1, 0.15) is 0 Å². The van der Waals surface area contributed by atoms with Gasteiger partial charge in [-0.25, -0.2) is 0 Å². The van der Waals surface area contributed by atoms with Gasteiger partial charge in [-0.15, -0.1) is 0 Å². The Hall–Kier alpha value is -1.43. The van der Waals surface area contributed by atoms with Crippen molar-refractivity contribution in [2.45, 2.75) is 50.7 Å². The van der Waals surface area contributed by atoms with E-state index in [1.54, 1.807) is 6.92 Å². The molecule has 1 aliphatic carbocycles. The highest BCUT2D eigenvalue weighted by molar-refractivity contribution is 6.06. The Labute approximate surface area is 99.5 Å². The summed E-state index contributed by atoms with van der Waals surface area (Å²) in [5.74, 6) is -0.684. The summed E-state index contributed by atoms with van der Waals surface area (Å²) >= 11 is 0. The molecule has 0 spiro atoms. The van der Waals surface area contributed by atoms with Gasteiger partial charge in [-0.1, -0.05) is 0 Å². The molecule has 6 nitrogen and oxygen atoms in total. The molecule has 1 saturated carbocycles. The molecule has 0 radical (unpaired) electrons. The SMILES string of the molecule is CC(CC(N)=O)NC1CC(=O)N(C2CC2)C1=O. The predicted octanol–water partition coefficient (Wildman–Crippen LogP) is -0.870. The Bertz CT molecular complexity index is 365. The van der Waals surface area contributed by atoms with Crippen LogP contribution in [0, 0.1) is 0 Å². The highest BCUT2D eigenvalue weighted by Crippen LogP contribution is 2.31. The standard InChI is InChI=1S/C11H17N3O3/c1-6(4-9(12)15)13-8-5-10(16)14(11(8)17)7-2-3-7/h6-8,13H,2-5H2,1H3,(H2,12,15). The smallest absolute Gasteiger partial charge is 0.247 e. The third-order valence-electron chi connectivity index (χ3n) is 3.09. The average Bonchev–Trinajstić information content (AvgIpc) is 2.95. The first-order valence-electron chi connectivity index (χ1n) is 5.89. The highest BCUT2D eigenvalue weighted by atomic mass is 16.2. The lowest BCUT2D eigenvalue weighted by atomic mass is 10.1. The number of nitrogens with one attached hydrogen (secondary N) is 1. The maximum Gasteiger partial charge on any atom is 0.247 e. The first kappa shape index (κ1) is 12.0. The zero-order valence-electron chi connectivity index (χ0n) is 9.81. The fourth-order valence-electron chi connectivity index (χ4n) is 2.20. The van der Waals surface area contributed by atoms with E-state index in [0.29, 0.717) is 0 Å². The van der Waals surface area contributed by atoms with Gasteiger partial charge < -0.3 is 11.1 Å². The van der Waals surface area contributed by atoms with Gasteiger partial charge in [-0.3, -0.25) is 19.3 Å². The Kier molecular flexibility index (Phi) is 3.15. The number of hydrogen-bond acceptors (Lipinski definition) is 4. The summed E-state index contributed by atoms with van der Waals surface area (Å²) in [4.78, 5) is 35.7. The van der Waals surface area contributed by atoms with Crippen LogP contribution in [0.2, 0.25) is 0 Å². The van der Waals surface area contributed by atoms with E-state index in [-0.39, 0.29) is 36.7 Å².